The van der Waals surface area contributed by atoms with Gasteiger partial charge >= 0.3 is 0 Å². The third kappa shape index (κ3) is 2.26. The molecule has 0 aromatic carbocycles. The Bertz CT molecular complexity index is 434. The zero-order chi connectivity index (χ0) is 12.6. The number of aromatic nitrogens is 3. The van der Waals surface area contributed by atoms with Crippen molar-refractivity contribution in [3.8, 4) is 0 Å². The van der Waals surface area contributed by atoms with Crippen LogP contribution in [0.4, 0.5) is 8.78 Å². The van der Waals surface area contributed by atoms with Crippen molar-refractivity contribution in [3.63, 3.8) is 0 Å². The Balaban J connectivity index is 2.11. The summed E-state index contributed by atoms with van der Waals surface area (Å²) >= 11 is 0. The fourth-order valence-electron chi connectivity index (χ4n) is 1.68. The molecule has 1 aromatic heterocycles. The van der Waals surface area contributed by atoms with Crippen LogP contribution in [0, 0.1) is 6.92 Å². The Morgan fingerprint density at radius 1 is 1.65 bits per heavy atom. The van der Waals surface area contributed by atoms with Gasteiger partial charge in [-0.3, -0.25) is 9.89 Å². The summed E-state index contributed by atoms with van der Waals surface area (Å²) in [6.45, 7) is 0.877. The summed E-state index contributed by atoms with van der Waals surface area (Å²) in [5, 5.41) is 15.2. The summed E-state index contributed by atoms with van der Waals surface area (Å²) in [4.78, 5) is 16.5. The molecule has 2 rings (SSSR count). The van der Waals surface area contributed by atoms with Gasteiger partial charge in [0.2, 0.25) is 5.82 Å². The molecule has 0 unspecified atom stereocenters. The number of aliphatic hydroxyl groups is 1. The number of alkyl halides is 2. The molecule has 1 amide bonds. The minimum Gasteiger partial charge on any atom is -0.387 e. The number of rotatable bonds is 1. The summed E-state index contributed by atoms with van der Waals surface area (Å²) in [6.07, 6.45) is -1.84. The Hall–Kier alpha value is -1.57. The lowest BCUT2D eigenvalue weighted by atomic mass is 10.0. The van der Waals surface area contributed by atoms with Gasteiger partial charge in [-0.2, -0.15) is 0 Å². The largest absolute Gasteiger partial charge is 0.387 e. The van der Waals surface area contributed by atoms with E-state index in [9.17, 15) is 13.6 Å². The second-order valence-corrected chi connectivity index (χ2v) is 4.04. The quantitative estimate of drug-likeness (QED) is 0.728. The number of amides is 1. The molecule has 94 valence electrons. The van der Waals surface area contributed by atoms with Crippen molar-refractivity contribution in [2.45, 2.75) is 25.4 Å². The molecule has 6 nitrogen and oxygen atoms in total. The van der Waals surface area contributed by atoms with E-state index in [0.717, 1.165) is 4.90 Å². The SMILES string of the molecule is Cc1nc(C(=O)N2CC[C@H](O)C(F)(F)C2)n[nH]1. The van der Waals surface area contributed by atoms with Crippen molar-refractivity contribution < 1.29 is 18.7 Å². The first-order chi connectivity index (χ1) is 7.90. The lowest BCUT2D eigenvalue weighted by Gasteiger charge is -2.35. The highest BCUT2D eigenvalue weighted by atomic mass is 19.3. The van der Waals surface area contributed by atoms with E-state index in [-0.39, 0.29) is 18.8 Å². The van der Waals surface area contributed by atoms with Crippen LogP contribution in [-0.4, -0.2) is 56.2 Å². The second kappa shape index (κ2) is 4.02. The molecule has 17 heavy (non-hydrogen) atoms. The van der Waals surface area contributed by atoms with Gasteiger partial charge in [-0.05, 0) is 13.3 Å². The number of carbonyl (C=O) groups is 1. The Labute approximate surface area is 95.6 Å². The van der Waals surface area contributed by atoms with Gasteiger partial charge in [0.15, 0.2) is 0 Å². The number of aromatic amines is 1. The first-order valence-electron chi connectivity index (χ1n) is 5.14. The Morgan fingerprint density at radius 2 is 2.35 bits per heavy atom. The number of hydrogen-bond acceptors (Lipinski definition) is 4. The average Bonchev–Trinajstić information content (AvgIpc) is 2.68. The predicted molar refractivity (Wildman–Crippen MR) is 52.6 cm³/mol. The van der Waals surface area contributed by atoms with Crippen molar-refractivity contribution in [2.24, 2.45) is 0 Å². The minimum absolute atomic E-state index is 0.0726. The molecule has 8 heteroatoms. The van der Waals surface area contributed by atoms with Gasteiger partial charge in [-0.15, -0.1) is 5.10 Å². The van der Waals surface area contributed by atoms with Gasteiger partial charge in [0, 0.05) is 6.54 Å². The van der Waals surface area contributed by atoms with Crippen molar-refractivity contribution in [1.29, 1.82) is 0 Å². The van der Waals surface area contributed by atoms with Crippen LogP contribution in [0.15, 0.2) is 0 Å². The average molecular weight is 246 g/mol. The van der Waals surface area contributed by atoms with Crippen molar-refractivity contribution >= 4 is 5.91 Å². The van der Waals surface area contributed by atoms with Crippen LogP contribution < -0.4 is 0 Å². The molecule has 1 aliphatic rings. The zero-order valence-electron chi connectivity index (χ0n) is 9.15. The van der Waals surface area contributed by atoms with E-state index in [1.165, 1.54) is 0 Å². The molecule has 1 fully saturated rings. The van der Waals surface area contributed by atoms with Crippen LogP contribution in [-0.2, 0) is 0 Å². The maximum Gasteiger partial charge on any atom is 0.293 e. The van der Waals surface area contributed by atoms with Gasteiger partial charge in [0.1, 0.15) is 11.9 Å². The first-order valence-corrected chi connectivity index (χ1v) is 5.14. The maximum absolute atomic E-state index is 13.2. The molecule has 2 heterocycles. The van der Waals surface area contributed by atoms with Gasteiger partial charge in [-0.25, -0.2) is 13.8 Å². The fourth-order valence-corrected chi connectivity index (χ4v) is 1.68. The number of H-pyrrole nitrogens is 1. The molecular formula is C9H12F2N4O2. The van der Waals surface area contributed by atoms with Crippen LogP contribution in [0.1, 0.15) is 22.9 Å². The lowest BCUT2D eigenvalue weighted by Crippen LogP contribution is -2.53. The van der Waals surface area contributed by atoms with E-state index in [1.807, 2.05) is 0 Å². The topological polar surface area (TPSA) is 82.1 Å². The molecule has 1 aliphatic heterocycles. The number of nitrogens with zero attached hydrogens (tertiary/aromatic N) is 3. The first kappa shape index (κ1) is 11.9. The van der Waals surface area contributed by atoms with Crippen LogP contribution in [0.2, 0.25) is 0 Å². The number of hydrogen-bond donors (Lipinski definition) is 2. The number of carbonyl (C=O) groups excluding carboxylic acids is 1. The van der Waals surface area contributed by atoms with Crippen molar-refractivity contribution in [1.82, 2.24) is 20.1 Å². The van der Waals surface area contributed by atoms with E-state index in [4.69, 9.17) is 5.11 Å². The Kier molecular flexibility index (Phi) is 2.82. The molecule has 0 spiro atoms. The number of halogens is 2. The highest BCUT2D eigenvalue weighted by Crippen LogP contribution is 2.27. The predicted octanol–water partition coefficient (Wildman–Crippen LogP) is -0.0448. The maximum atomic E-state index is 13.2. The molecular weight excluding hydrogens is 234 g/mol. The highest BCUT2D eigenvalue weighted by Gasteiger charge is 2.45. The summed E-state index contributed by atoms with van der Waals surface area (Å²) < 4.78 is 26.5. The fraction of sp³-hybridized carbons (Fsp3) is 0.667. The summed E-state index contributed by atoms with van der Waals surface area (Å²) in [5.74, 6) is -3.62. The van der Waals surface area contributed by atoms with E-state index in [1.54, 1.807) is 6.92 Å². The molecule has 2 N–H and O–H groups in total. The van der Waals surface area contributed by atoms with Gasteiger partial charge < -0.3 is 10.0 Å². The third-order valence-corrected chi connectivity index (χ3v) is 2.64. The zero-order valence-corrected chi connectivity index (χ0v) is 9.15. The Morgan fingerprint density at radius 3 is 2.88 bits per heavy atom. The highest BCUT2D eigenvalue weighted by molar-refractivity contribution is 5.90. The smallest absolute Gasteiger partial charge is 0.293 e. The standard InChI is InChI=1S/C9H12F2N4O2/c1-5-12-7(14-13-5)8(17)15-3-2-6(16)9(10,11)4-15/h6,16H,2-4H2,1H3,(H,12,13,14)/t6-/m0/s1. The van der Waals surface area contributed by atoms with E-state index >= 15 is 0 Å². The minimum atomic E-state index is -3.28. The third-order valence-electron chi connectivity index (χ3n) is 2.64. The molecule has 0 radical (unpaired) electrons. The van der Waals surface area contributed by atoms with Crippen LogP contribution in [0.3, 0.4) is 0 Å². The number of aliphatic hydroxyl groups excluding tert-OH is 1. The van der Waals surface area contributed by atoms with Gasteiger partial charge in [0.05, 0.1) is 6.54 Å². The van der Waals surface area contributed by atoms with Crippen molar-refractivity contribution in [3.05, 3.63) is 11.6 Å². The van der Waals surface area contributed by atoms with E-state index in [2.05, 4.69) is 15.2 Å². The lowest BCUT2D eigenvalue weighted by molar-refractivity contribution is -0.142. The molecule has 1 saturated heterocycles. The summed E-state index contributed by atoms with van der Waals surface area (Å²) in [6, 6.07) is 0. The number of aryl methyl sites for hydroxylation is 1. The number of piperidine rings is 1. The van der Waals surface area contributed by atoms with Crippen molar-refractivity contribution in [2.75, 3.05) is 13.1 Å². The molecule has 0 bridgehead atoms. The van der Waals surface area contributed by atoms with Crippen LogP contribution >= 0.6 is 0 Å². The molecule has 0 saturated carbocycles. The molecule has 0 aliphatic carbocycles. The molecule has 1 aromatic rings. The normalized spacial score (nSPS) is 23.8. The summed E-state index contributed by atoms with van der Waals surface area (Å²) in [7, 11) is 0. The van der Waals surface area contributed by atoms with Gasteiger partial charge in [0.25, 0.3) is 11.8 Å². The number of nitrogens with one attached hydrogen (secondary N) is 1. The molecule has 1 atom stereocenters. The van der Waals surface area contributed by atoms with Crippen LogP contribution in [0.5, 0.6) is 0 Å². The van der Waals surface area contributed by atoms with Gasteiger partial charge in [-0.1, -0.05) is 0 Å². The van der Waals surface area contributed by atoms with E-state index < -0.39 is 24.5 Å². The van der Waals surface area contributed by atoms with Crippen LogP contribution in [0.25, 0.3) is 0 Å². The summed E-state index contributed by atoms with van der Waals surface area (Å²) in [5.41, 5.74) is 0. The second-order valence-electron chi connectivity index (χ2n) is 4.04. The monoisotopic (exact) mass is 246 g/mol. The van der Waals surface area contributed by atoms with E-state index in [0.29, 0.717) is 5.82 Å². The number of likely N-dealkylation sites (tertiary alicyclic amines) is 1.